The first kappa shape index (κ1) is 16.6. The molecule has 0 fully saturated rings. The maximum Gasteiger partial charge on any atom is 0.143 e. The molecule has 0 radical (unpaired) electrons. The van der Waals surface area contributed by atoms with E-state index in [0.717, 1.165) is 10.0 Å². The van der Waals surface area contributed by atoms with E-state index in [1.165, 1.54) is 12.1 Å². The van der Waals surface area contributed by atoms with Crippen LogP contribution >= 0.6 is 31.9 Å². The summed E-state index contributed by atoms with van der Waals surface area (Å²) in [6.07, 6.45) is 0.943. The Kier molecular flexibility index (Phi) is 5.90. The number of hydrogen-bond donors (Lipinski definition) is 1. The topological polar surface area (TPSA) is 26.0 Å². The zero-order valence-electron chi connectivity index (χ0n) is 11.3. The average Bonchev–Trinajstić information content (AvgIpc) is 2.48. The van der Waals surface area contributed by atoms with Gasteiger partial charge in [0.15, 0.2) is 0 Å². The SMILES string of the molecule is NCC(Cc1ccccc1Br)Cc1c(F)ccc(Br)c1F. The van der Waals surface area contributed by atoms with E-state index in [2.05, 4.69) is 31.9 Å². The summed E-state index contributed by atoms with van der Waals surface area (Å²) in [4.78, 5) is 0. The standard InChI is InChI=1S/C16H15Br2F2N/c17-13-4-2-1-3-11(13)7-10(9-21)8-12-15(19)6-5-14(18)16(12)20/h1-6,10H,7-9,21H2. The van der Waals surface area contributed by atoms with Crippen molar-refractivity contribution in [2.75, 3.05) is 6.54 Å². The molecular formula is C16H15Br2F2N. The molecule has 0 saturated heterocycles. The minimum absolute atomic E-state index is 0.0259. The lowest BCUT2D eigenvalue weighted by Crippen LogP contribution is -2.21. The highest BCUT2D eigenvalue weighted by molar-refractivity contribution is 9.10. The molecule has 0 saturated carbocycles. The van der Waals surface area contributed by atoms with Gasteiger partial charge in [-0.25, -0.2) is 8.78 Å². The van der Waals surface area contributed by atoms with Crippen LogP contribution in [-0.4, -0.2) is 6.54 Å². The summed E-state index contributed by atoms with van der Waals surface area (Å²) < 4.78 is 29.1. The van der Waals surface area contributed by atoms with Crippen LogP contribution in [0, 0.1) is 17.6 Å². The number of benzene rings is 2. The van der Waals surface area contributed by atoms with E-state index in [0.29, 0.717) is 13.0 Å². The van der Waals surface area contributed by atoms with E-state index >= 15 is 0 Å². The largest absolute Gasteiger partial charge is 0.330 e. The van der Waals surface area contributed by atoms with Gasteiger partial charge in [-0.15, -0.1) is 0 Å². The fraction of sp³-hybridized carbons (Fsp3) is 0.250. The highest BCUT2D eigenvalue weighted by Crippen LogP contribution is 2.26. The molecule has 112 valence electrons. The molecule has 0 spiro atoms. The molecule has 0 aliphatic rings. The Morgan fingerprint density at radius 2 is 1.67 bits per heavy atom. The van der Waals surface area contributed by atoms with E-state index in [9.17, 15) is 8.78 Å². The van der Waals surface area contributed by atoms with Gasteiger partial charge < -0.3 is 5.73 Å². The van der Waals surface area contributed by atoms with Gasteiger partial charge in [0.25, 0.3) is 0 Å². The summed E-state index contributed by atoms with van der Waals surface area (Å²) in [6.45, 7) is 0.368. The highest BCUT2D eigenvalue weighted by atomic mass is 79.9. The zero-order valence-corrected chi connectivity index (χ0v) is 14.4. The molecule has 1 atom stereocenters. The fourth-order valence-electron chi connectivity index (χ4n) is 2.26. The van der Waals surface area contributed by atoms with Gasteiger partial charge in [0.1, 0.15) is 11.6 Å². The summed E-state index contributed by atoms with van der Waals surface area (Å²) in [5, 5.41) is 0. The second-order valence-corrected chi connectivity index (χ2v) is 6.63. The van der Waals surface area contributed by atoms with Crippen molar-refractivity contribution in [3.63, 3.8) is 0 Å². The van der Waals surface area contributed by atoms with E-state index in [-0.39, 0.29) is 22.4 Å². The molecule has 2 aromatic rings. The zero-order chi connectivity index (χ0) is 15.4. The first-order valence-electron chi connectivity index (χ1n) is 6.58. The maximum absolute atomic E-state index is 14.0. The molecule has 0 heterocycles. The molecule has 2 aromatic carbocycles. The van der Waals surface area contributed by atoms with Crippen LogP contribution in [0.4, 0.5) is 8.78 Å². The summed E-state index contributed by atoms with van der Waals surface area (Å²) in [5.41, 5.74) is 6.96. The Balaban J connectivity index is 2.21. The predicted molar refractivity (Wildman–Crippen MR) is 88.2 cm³/mol. The number of hydrogen-bond acceptors (Lipinski definition) is 1. The third-order valence-corrected chi connectivity index (χ3v) is 4.82. The van der Waals surface area contributed by atoms with E-state index in [4.69, 9.17) is 5.73 Å². The lowest BCUT2D eigenvalue weighted by Gasteiger charge is -2.17. The van der Waals surface area contributed by atoms with E-state index in [1.807, 2.05) is 24.3 Å². The molecule has 0 amide bonds. The Labute approximate surface area is 139 Å². The molecule has 2 N–H and O–H groups in total. The highest BCUT2D eigenvalue weighted by Gasteiger charge is 2.18. The first-order valence-corrected chi connectivity index (χ1v) is 8.17. The molecule has 2 rings (SSSR count). The van der Waals surface area contributed by atoms with Gasteiger partial charge >= 0.3 is 0 Å². The smallest absolute Gasteiger partial charge is 0.143 e. The van der Waals surface area contributed by atoms with Gasteiger partial charge in [-0.1, -0.05) is 34.1 Å². The van der Waals surface area contributed by atoms with Gasteiger partial charge in [0.05, 0.1) is 4.47 Å². The number of rotatable bonds is 5. The van der Waals surface area contributed by atoms with Crippen LogP contribution in [0.2, 0.25) is 0 Å². The van der Waals surface area contributed by atoms with Crippen molar-refractivity contribution in [3.05, 3.63) is 68.1 Å². The summed E-state index contributed by atoms with van der Waals surface area (Å²) in [7, 11) is 0. The van der Waals surface area contributed by atoms with Crippen LogP contribution in [-0.2, 0) is 12.8 Å². The summed E-state index contributed by atoms with van der Waals surface area (Å²) >= 11 is 6.57. The quantitative estimate of drug-likeness (QED) is 0.690. The average molecular weight is 419 g/mol. The Bertz CT molecular complexity index is 632. The Hall–Kier alpha value is -0.780. The first-order chi connectivity index (χ1) is 10.0. The maximum atomic E-state index is 14.0. The van der Waals surface area contributed by atoms with Crippen molar-refractivity contribution in [2.24, 2.45) is 11.7 Å². The van der Waals surface area contributed by atoms with Crippen LogP contribution in [0.1, 0.15) is 11.1 Å². The van der Waals surface area contributed by atoms with Crippen molar-refractivity contribution in [1.29, 1.82) is 0 Å². The van der Waals surface area contributed by atoms with Gasteiger partial charge in [0, 0.05) is 10.0 Å². The Morgan fingerprint density at radius 1 is 0.952 bits per heavy atom. The molecule has 5 heteroatoms. The van der Waals surface area contributed by atoms with E-state index in [1.54, 1.807) is 0 Å². The van der Waals surface area contributed by atoms with E-state index < -0.39 is 11.6 Å². The lowest BCUT2D eigenvalue weighted by molar-refractivity contribution is 0.483. The van der Waals surface area contributed by atoms with Crippen LogP contribution in [0.3, 0.4) is 0 Å². The minimum Gasteiger partial charge on any atom is -0.330 e. The lowest BCUT2D eigenvalue weighted by atomic mass is 9.92. The molecule has 0 aliphatic heterocycles. The molecule has 21 heavy (non-hydrogen) atoms. The van der Waals surface area contributed by atoms with Crippen LogP contribution in [0.25, 0.3) is 0 Å². The summed E-state index contributed by atoms with van der Waals surface area (Å²) in [5.74, 6) is -1.09. The minimum atomic E-state index is -0.541. The molecular weight excluding hydrogens is 404 g/mol. The van der Waals surface area contributed by atoms with Crippen LogP contribution < -0.4 is 5.73 Å². The number of halogens is 4. The van der Waals surface area contributed by atoms with Gasteiger partial charge in [0.2, 0.25) is 0 Å². The van der Waals surface area contributed by atoms with Crippen molar-refractivity contribution in [2.45, 2.75) is 12.8 Å². The van der Waals surface area contributed by atoms with Gasteiger partial charge in [-0.2, -0.15) is 0 Å². The molecule has 1 unspecified atom stereocenters. The molecule has 1 nitrogen and oxygen atoms in total. The molecule has 0 aromatic heterocycles. The molecule has 0 bridgehead atoms. The second kappa shape index (κ2) is 7.47. The third kappa shape index (κ3) is 4.11. The van der Waals surface area contributed by atoms with Crippen molar-refractivity contribution in [1.82, 2.24) is 0 Å². The third-order valence-electron chi connectivity index (χ3n) is 3.43. The number of nitrogens with two attached hydrogens (primary N) is 1. The van der Waals surface area contributed by atoms with Crippen LogP contribution in [0.5, 0.6) is 0 Å². The summed E-state index contributed by atoms with van der Waals surface area (Å²) in [6, 6.07) is 10.4. The van der Waals surface area contributed by atoms with Gasteiger partial charge in [-0.05, 0) is 65.0 Å². The Morgan fingerprint density at radius 3 is 2.33 bits per heavy atom. The fourth-order valence-corrected chi connectivity index (χ4v) is 3.08. The van der Waals surface area contributed by atoms with Crippen molar-refractivity contribution in [3.8, 4) is 0 Å². The van der Waals surface area contributed by atoms with Crippen LogP contribution in [0.15, 0.2) is 45.3 Å². The second-order valence-electron chi connectivity index (χ2n) is 4.92. The monoisotopic (exact) mass is 417 g/mol. The van der Waals surface area contributed by atoms with Gasteiger partial charge in [-0.3, -0.25) is 0 Å². The predicted octanol–water partition coefficient (Wildman–Crippen LogP) is 4.85. The van der Waals surface area contributed by atoms with Crippen molar-refractivity contribution >= 4 is 31.9 Å². The van der Waals surface area contributed by atoms with Crippen molar-refractivity contribution < 1.29 is 8.78 Å². The normalized spacial score (nSPS) is 12.4. The molecule has 0 aliphatic carbocycles.